The van der Waals surface area contributed by atoms with Gasteiger partial charge in [0.15, 0.2) is 0 Å². The Hall–Kier alpha value is -1.97. The van der Waals surface area contributed by atoms with Crippen LogP contribution < -0.4 is 10.1 Å². The Balaban J connectivity index is 1.91. The standard InChI is InChI=1S/C14H17N3O/c1-10-3-6-13(18-2)12(9-10)16-14-15-7-8-17(14)11-4-5-11/h3,6-9,11H,4-5H2,1-2H3,(H,15,16). The maximum absolute atomic E-state index is 5.37. The van der Waals surface area contributed by atoms with Crippen molar-refractivity contribution in [2.45, 2.75) is 25.8 Å². The first-order valence-electron chi connectivity index (χ1n) is 6.22. The largest absolute Gasteiger partial charge is 0.495 e. The van der Waals surface area contributed by atoms with Crippen LogP contribution in [0, 0.1) is 6.92 Å². The molecule has 0 amide bonds. The molecular weight excluding hydrogens is 226 g/mol. The van der Waals surface area contributed by atoms with Gasteiger partial charge in [0.05, 0.1) is 12.8 Å². The topological polar surface area (TPSA) is 39.1 Å². The number of benzene rings is 1. The Morgan fingerprint density at radius 2 is 2.22 bits per heavy atom. The Morgan fingerprint density at radius 3 is 2.94 bits per heavy atom. The van der Waals surface area contributed by atoms with E-state index in [1.165, 1.54) is 18.4 Å². The molecule has 4 nitrogen and oxygen atoms in total. The minimum absolute atomic E-state index is 0.616. The van der Waals surface area contributed by atoms with Gasteiger partial charge in [-0.1, -0.05) is 6.07 Å². The Bertz CT molecular complexity index is 558. The Morgan fingerprint density at radius 1 is 1.39 bits per heavy atom. The molecule has 1 heterocycles. The second-order valence-electron chi connectivity index (χ2n) is 4.72. The lowest BCUT2D eigenvalue weighted by atomic mass is 10.2. The van der Waals surface area contributed by atoms with Crippen LogP contribution in [0.5, 0.6) is 5.75 Å². The zero-order chi connectivity index (χ0) is 12.5. The molecule has 18 heavy (non-hydrogen) atoms. The van der Waals surface area contributed by atoms with Gasteiger partial charge in [-0.25, -0.2) is 4.98 Å². The van der Waals surface area contributed by atoms with Crippen LogP contribution in [0.15, 0.2) is 30.6 Å². The van der Waals surface area contributed by atoms with Crippen LogP contribution >= 0.6 is 0 Å². The smallest absolute Gasteiger partial charge is 0.207 e. The van der Waals surface area contributed by atoms with Crippen molar-refractivity contribution in [3.05, 3.63) is 36.2 Å². The fraction of sp³-hybridized carbons (Fsp3) is 0.357. The van der Waals surface area contributed by atoms with Gasteiger partial charge in [-0.2, -0.15) is 0 Å². The molecule has 0 saturated heterocycles. The zero-order valence-electron chi connectivity index (χ0n) is 10.7. The molecule has 1 aromatic heterocycles. The second kappa shape index (κ2) is 4.37. The average Bonchev–Trinajstić information content (AvgIpc) is 3.11. The molecule has 1 fully saturated rings. The number of nitrogens with one attached hydrogen (secondary N) is 1. The van der Waals surface area contributed by atoms with E-state index in [4.69, 9.17) is 4.74 Å². The predicted octanol–water partition coefficient (Wildman–Crippen LogP) is 3.28. The van der Waals surface area contributed by atoms with Crippen LogP contribution in [0.4, 0.5) is 11.6 Å². The fourth-order valence-corrected chi connectivity index (χ4v) is 2.10. The SMILES string of the molecule is COc1ccc(C)cc1Nc1nccn1C1CC1. The number of methoxy groups -OCH3 is 1. The second-order valence-corrected chi connectivity index (χ2v) is 4.72. The summed E-state index contributed by atoms with van der Waals surface area (Å²) in [5.74, 6) is 1.73. The van der Waals surface area contributed by atoms with Gasteiger partial charge in [-0.05, 0) is 37.5 Å². The number of ether oxygens (including phenoxy) is 1. The van der Waals surface area contributed by atoms with Crippen molar-refractivity contribution in [3.8, 4) is 5.75 Å². The first-order valence-corrected chi connectivity index (χ1v) is 6.22. The van der Waals surface area contributed by atoms with Crippen LogP contribution in [0.1, 0.15) is 24.4 Å². The van der Waals surface area contributed by atoms with Gasteiger partial charge in [0.2, 0.25) is 5.95 Å². The van der Waals surface area contributed by atoms with Gasteiger partial charge in [0.1, 0.15) is 5.75 Å². The van der Waals surface area contributed by atoms with Gasteiger partial charge in [-0.15, -0.1) is 0 Å². The molecule has 3 rings (SSSR count). The van der Waals surface area contributed by atoms with Gasteiger partial charge in [0.25, 0.3) is 0 Å². The zero-order valence-corrected chi connectivity index (χ0v) is 10.7. The lowest BCUT2D eigenvalue weighted by Gasteiger charge is -2.12. The van der Waals surface area contributed by atoms with E-state index >= 15 is 0 Å². The molecule has 0 aliphatic heterocycles. The average molecular weight is 243 g/mol. The summed E-state index contributed by atoms with van der Waals surface area (Å²) >= 11 is 0. The minimum Gasteiger partial charge on any atom is -0.495 e. The number of hydrogen-bond donors (Lipinski definition) is 1. The van der Waals surface area contributed by atoms with Gasteiger partial charge in [-0.3, -0.25) is 0 Å². The summed E-state index contributed by atoms with van der Waals surface area (Å²) in [7, 11) is 1.68. The third-order valence-corrected chi connectivity index (χ3v) is 3.21. The molecule has 1 aliphatic rings. The van der Waals surface area contributed by atoms with Crippen molar-refractivity contribution in [2.75, 3.05) is 12.4 Å². The van der Waals surface area contributed by atoms with Crippen molar-refractivity contribution in [1.82, 2.24) is 9.55 Å². The molecule has 0 atom stereocenters. The highest BCUT2D eigenvalue weighted by Crippen LogP contribution is 2.38. The van der Waals surface area contributed by atoms with E-state index in [2.05, 4.69) is 27.9 Å². The molecule has 1 N–H and O–H groups in total. The predicted molar refractivity (Wildman–Crippen MR) is 71.5 cm³/mol. The third-order valence-electron chi connectivity index (χ3n) is 3.21. The maximum Gasteiger partial charge on any atom is 0.207 e. The van der Waals surface area contributed by atoms with Crippen molar-refractivity contribution >= 4 is 11.6 Å². The van der Waals surface area contributed by atoms with E-state index in [1.54, 1.807) is 7.11 Å². The van der Waals surface area contributed by atoms with Crippen LogP contribution in [-0.4, -0.2) is 16.7 Å². The van der Waals surface area contributed by atoms with E-state index in [1.807, 2.05) is 24.5 Å². The number of imidazole rings is 1. The summed E-state index contributed by atoms with van der Waals surface area (Å²) in [5.41, 5.74) is 2.16. The van der Waals surface area contributed by atoms with E-state index in [9.17, 15) is 0 Å². The molecule has 0 radical (unpaired) electrons. The van der Waals surface area contributed by atoms with Crippen molar-refractivity contribution in [2.24, 2.45) is 0 Å². The molecule has 4 heteroatoms. The lowest BCUT2D eigenvalue weighted by Crippen LogP contribution is -2.02. The van der Waals surface area contributed by atoms with Crippen LogP contribution in [-0.2, 0) is 0 Å². The summed E-state index contributed by atoms with van der Waals surface area (Å²) < 4.78 is 7.56. The molecule has 1 aromatic carbocycles. The molecule has 1 aliphatic carbocycles. The Kier molecular flexibility index (Phi) is 2.70. The van der Waals surface area contributed by atoms with Crippen molar-refractivity contribution in [1.29, 1.82) is 0 Å². The van der Waals surface area contributed by atoms with Crippen LogP contribution in [0.2, 0.25) is 0 Å². The summed E-state index contributed by atoms with van der Waals surface area (Å²) in [4.78, 5) is 4.37. The monoisotopic (exact) mass is 243 g/mol. The number of hydrogen-bond acceptors (Lipinski definition) is 3. The first-order chi connectivity index (χ1) is 8.78. The Labute approximate surface area is 107 Å². The molecule has 0 spiro atoms. The first kappa shape index (κ1) is 11.1. The highest BCUT2D eigenvalue weighted by Gasteiger charge is 2.25. The highest BCUT2D eigenvalue weighted by molar-refractivity contribution is 5.64. The molecule has 0 unspecified atom stereocenters. The lowest BCUT2D eigenvalue weighted by molar-refractivity contribution is 0.416. The van der Waals surface area contributed by atoms with E-state index in [0.717, 1.165) is 17.4 Å². The normalized spacial score (nSPS) is 14.6. The number of nitrogens with zero attached hydrogens (tertiary/aromatic N) is 2. The number of aromatic nitrogens is 2. The summed E-state index contributed by atoms with van der Waals surface area (Å²) in [6.07, 6.45) is 6.36. The third kappa shape index (κ3) is 2.06. The van der Waals surface area contributed by atoms with Crippen molar-refractivity contribution < 1.29 is 4.74 Å². The van der Waals surface area contributed by atoms with Gasteiger partial charge >= 0.3 is 0 Å². The molecule has 2 aromatic rings. The van der Waals surface area contributed by atoms with Crippen LogP contribution in [0.25, 0.3) is 0 Å². The van der Waals surface area contributed by atoms with E-state index in [-0.39, 0.29) is 0 Å². The summed E-state index contributed by atoms with van der Waals surface area (Å²) in [6, 6.07) is 6.70. The van der Waals surface area contributed by atoms with Gasteiger partial charge in [0, 0.05) is 18.4 Å². The summed E-state index contributed by atoms with van der Waals surface area (Å²) in [5, 5.41) is 3.36. The fourth-order valence-electron chi connectivity index (χ4n) is 2.10. The number of rotatable bonds is 4. The van der Waals surface area contributed by atoms with E-state index in [0.29, 0.717) is 6.04 Å². The molecule has 94 valence electrons. The van der Waals surface area contributed by atoms with E-state index < -0.39 is 0 Å². The number of anilines is 2. The highest BCUT2D eigenvalue weighted by atomic mass is 16.5. The molecule has 0 bridgehead atoms. The van der Waals surface area contributed by atoms with Crippen LogP contribution in [0.3, 0.4) is 0 Å². The minimum atomic E-state index is 0.616. The summed E-state index contributed by atoms with van der Waals surface area (Å²) in [6.45, 7) is 2.07. The number of aryl methyl sites for hydroxylation is 1. The van der Waals surface area contributed by atoms with Gasteiger partial charge < -0.3 is 14.6 Å². The quantitative estimate of drug-likeness (QED) is 0.895. The maximum atomic E-state index is 5.37. The molecule has 1 saturated carbocycles. The van der Waals surface area contributed by atoms with Crippen molar-refractivity contribution in [3.63, 3.8) is 0 Å². The molecular formula is C14H17N3O.